The Labute approximate surface area is 463 Å². The van der Waals surface area contributed by atoms with Gasteiger partial charge in [-0.05, 0) is 32.1 Å². The van der Waals surface area contributed by atoms with Crippen molar-refractivity contribution in [3.63, 3.8) is 0 Å². The Kier molecular flexibility index (Phi) is 45.1. The lowest BCUT2D eigenvalue weighted by molar-refractivity contribution is -0.359. The molecule has 14 heteroatoms. The smallest absolute Gasteiger partial charge is 0.220 e. The van der Waals surface area contributed by atoms with E-state index in [9.17, 15) is 45.6 Å². The minimum absolute atomic E-state index is 0.214. The summed E-state index contributed by atoms with van der Waals surface area (Å²) in [5, 5.41) is 87.2. The van der Waals surface area contributed by atoms with Gasteiger partial charge < -0.3 is 65.1 Å². The highest BCUT2D eigenvalue weighted by atomic mass is 16.7. The highest BCUT2D eigenvalue weighted by Gasteiger charge is 2.51. The van der Waals surface area contributed by atoms with E-state index in [4.69, 9.17) is 18.9 Å². The van der Waals surface area contributed by atoms with Crippen LogP contribution >= 0.6 is 0 Å². The fraction of sp³-hybridized carbons (Fsp3) is 0.952. The number of rotatable bonds is 52. The van der Waals surface area contributed by atoms with Crippen molar-refractivity contribution in [2.24, 2.45) is 0 Å². The van der Waals surface area contributed by atoms with Crippen molar-refractivity contribution in [2.75, 3.05) is 19.8 Å². The lowest BCUT2D eigenvalue weighted by Crippen LogP contribution is -2.65. The number of amides is 1. The predicted molar refractivity (Wildman–Crippen MR) is 305 cm³/mol. The van der Waals surface area contributed by atoms with E-state index in [2.05, 4.69) is 31.3 Å². The maximum atomic E-state index is 13.2. The number of unbranched alkanes of at least 4 members (excludes halogenated alkanes) is 37. The van der Waals surface area contributed by atoms with E-state index in [0.29, 0.717) is 19.3 Å². The third-order valence-corrected chi connectivity index (χ3v) is 16.0. The van der Waals surface area contributed by atoms with Crippen LogP contribution < -0.4 is 5.32 Å². The zero-order chi connectivity index (χ0) is 55.3. The summed E-state index contributed by atoms with van der Waals surface area (Å²) in [6.07, 6.45) is 39.7. The van der Waals surface area contributed by atoms with Gasteiger partial charge in [0.05, 0.1) is 32.0 Å². The molecule has 14 nitrogen and oxygen atoms in total. The molecular formula is C62H119NO13. The van der Waals surface area contributed by atoms with E-state index in [1.165, 1.54) is 186 Å². The van der Waals surface area contributed by atoms with Gasteiger partial charge in [0.15, 0.2) is 12.6 Å². The van der Waals surface area contributed by atoms with Crippen molar-refractivity contribution in [1.29, 1.82) is 0 Å². The first kappa shape index (κ1) is 70.8. The molecule has 0 saturated carbocycles. The first-order chi connectivity index (χ1) is 37.1. The second kappa shape index (κ2) is 48.4. The molecule has 0 bridgehead atoms. The summed E-state index contributed by atoms with van der Waals surface area (Å²) in [5.74, 6) is -0.214. The molecular weight excluding hydrogens is 967 g/mol. The topological polar surface area (TPSA) is 228 Å². The zero-order valence-electron chi connectivity index (χ0n) is 48.5. The van der Waals surface area contributed by atoms with Crippen molar-refractivity contribution in [2.45, 2.75) is 357 Å². The molecule has 0 spiro atoms. The van der Waals surface area contributed by atoms with Gasteiger partial charge in [-0.25, -0.2) is 0 Å². The Balaban J connectivity index is 1.62. The average molecular weight is 1090 g/mol. The van der Waals surface area contributed by atoms with E-state index in [1.54, 1.807) is 0 Å². The van der Waals surface area contributed by atoms with E-state index in [0.717, 1.165) is 64.2 Å². The lowest BCUT2D eigenvalue weighted by atomic mass is 9.97. The first-order valence-electron chi connectivity index (χ1n) is 31.9. The normalized spacial score (nSPS) is 24.9. The lowest BCUT2D eigenvalue weighted by Gasteiger charge is -2.46. The number of ether oxygens (including phenoxy) is 4. The Morgan fingerprint density at radius 1 is 0.461 bits per heavy atom. The van der Waals surface area contributed by atoms with Crippen molar-refractivity contribution in [3.8, 4) is 0 Å². The van der Waals surface area contributed by atoms with Gasteiger partial charge in [-0.2, -0.15) is 0 Å². The highest BCUT2D eigenvalue weighted by molar-refractivity contribution is 5.76. The number of carbonyl (C=O) groups is 1. The Hall–Kier alpha value is -1.27. The minimum Gasteiger partial charge on any atom is -0.394 e. The molecule has 2 saturated heterocycles. The molecule has 450 valence electrons. The number of hydrogen-bond donors (Lipinski definition) is 9. The molecule has 0 aromatic heterocycles. The minimum atomic E-state index is -1.78. The Morgan fingerprint density at radius 3 is 1.29 bits per heavy atom. The third kappa shape index (κ3) is 33.5. The largest absolute Gasteiger partial charge is 0.394 e. The molecule has 2 rings (SSSR count). The summed E-state index contributed by atoms with van der Waals surface area (Å²) in [6, 6.07) is -0.829. The Morgan fingerprint density at radius 2 is 0.842 bits per heavy atom. The number of nitrogens with one attached hydrogen (secondary N) is 1. The van der Waals surface area contributed by atoms with Crippen LogP contribution in [0.3, 0.4) is 0 Å². The van der Waals surface area contributed by atoms with Gasteiger partial charge in [0, 0.05) is 6.42 Å². The summed E-state index contributed by atoms with van der Waals surface area (Å²) in [5.41, 5.74) is 0. The van der Waals surface area contributed by atoms with Gasteiger partial charge in [0.25, 0.3) is 0 Å². The summed E-state index contributed by atoms with van der Waals surface area (Å²) < 4.78 is 22.8. The van der Waals surface area contributed by atoms with Crippen LogP contribution in [0.15, 0.2) is 12.2 Å². The van der Waals surface area contributed by atoms with Crippen molar-refractivity contribution in [3.05, 3.63) is 12.2 Å². The maximum absolute atomic E-state index is 13.2. The number of hydrogen-bond acceptors (Lipinski definition) is 13. The van der Waals surface area contributed by atoms with Crippen LogP contribution in [0.4, 0.5) is 0 Å². The number of carbonyl (C=O) groups excluding carboxylic acids is 1. The summed E-state index contributed by atoms with van der Waals surface area (Å²) in [7, 11) is 0. The fourth-order valence-electron chi connectivity index (χ4n) is 10.8. The molecule has 76 heavy (non-hydrogen) atoms. The van der Waals surface area contributed by atoms with Crippen LogP contribution in [0.1, 0.15) is 284 Å². The molecule has 2 aliphatic heterocycles. The SMILES string of the molecule is CCCC/C=C\CCCCCCCC(=O)NC(COC1OC(CO)C(OC2OC(CO)C(O)C(O)C2O)C(O)C1O)C(O)CCCCCCCCCCCCCCCCCCCCCCCCCCCCCCCCC. The van der Waals surface area contributed by atoms with Crippen molar-refractivity contribution in [1.82, 2.24) is 5.32 Å². The molecule has 0 aromatic carbocycles. The van der Waals surface area contributed by atoms with Gasteiger partial charge in [-0.3, -0.25) is 4.79 Å². The van der Waals surface area contributed by atoms with Crippen LogP contribution in [0.5, 0.6) is 0 Å². The van der Waals surface area contributed by atoms with Crippen LogP contribution in [-0.4, -0.2) is 140 Å². The first-order valence-corrected chi connectivity index (χ1v) is 31.9. The standard InChI is InChI=1S/C62H119NO13/c1-3-5-7-9-11-13-15-16-17-18-19-20-21-22-23-24-25-26-27-28-29-30-31-32-33-34-36-37-39-41-43-45-51(66)50(63-54(67)46-44-42-40-38-35-14-12-10-8-6-4-2)49-73-61-59(72)57(70)60(53(48-65)75-61)76-62-58(71)56(69)55(68)52(47-64)74-62/h10,12,50-53,55-62,64-66,68-72H,3-9,11,13-49H2,1-2H3,(H,63,67)/b12-10-. The van der Waals surface area contributed by atoms with Gasteiger partial charge in [0.2, 0.25) is 5.91 Å². The molecule has 0 aromatic rings. The van der Waals surface area contributed by atoms with Gasteiger partial charge in [0.1, 0.15) is 48.8 Å². The van der Waals surface area contributed by atoms with Crippen molar-refractivity contribution < 1.29 is 64.6 Å². The number of allylic oxidation sites excluding steroid dienone is 2. The van der Waals surface area contributed by atoms with Crippen LogP contribution in [0.25, 0.3) is 0 Å². The molecule has 2 aliphatic rings. The number of aliphatic hydroxyl groups is 8. The molecule has 1 amide bonds. The molecule has 2 fully saturated rings. The quantitative estimate of drug-likeness (QED) is 0.0204. The van der Waals surface area contributed by atoms with Gasteiger partial charge in [-0.1, -0.05) is 257 Å². The van der Waals surface area contributed by atoms with Crippen LogP contribution in [0, 0.1) is 0 Å². The van der Waals surface area contributed by atoms with E-state index in [1.807, 2.05) is 0 Å². The second-order valence-electron chi connectivity index (χ2n) is 22.9. The van der Waals surface area contributed by atoms with E-state index in [-0.39, 0.29) is 12.5 Å². The van der Waals surface area contributed by atoms with Gasteiger partial charge >= 0.3 is 0 Å². The molecule has 2 heterocycles. The highest BCUT2D eigenvalue weighted by Crippen LogP contribution is 2.30. The molecule has 0 aliphatic carbocycles. The molecule has 12 atom stereocenters. The summed E-state index contributed by atoms with van der Waals surface area (Å²) in [6.45, 7) is 2.84. The molecule has 9 N–H and O–H groups in total. The molecule has 12 unspecified atom stereocenters. The van der Waals surface area contributed by atoms with Crippen molar-refractivity contribution >= 4 is 5.91 Å². The third-order valence-electron chi connectivity index (χ3n) is 16.0. The van der Waals surface area contributed by atoms with Gasteiger partial charge in [-0.15, -0.1) is 0 Å². The van der Waals surface area contributed by atoms with E-state index < -0.39 is 86.8 Å². The van der Waals surface area contributed by atoms with E-state index >= 15 is 0 Å². The fourth-order valence-corrected chi connectivity index (χ4v) is 10.8. The van der Waals surface area contributed by atoms with Crippen LogP contribution in [-0.2, 0) is 23.7 Å². The maximum Gasteiger partial charge on any atom is 0.220 e. The van der Waals surface area contributed by atoms with Crippen LogP contribution in [0.2, 0.25) is 0 Å². The number of aliphatic hydroxyl groups excluding tert-OH is 8. The zero-order valence-corrected chi connectivity index (χ0v) is 48.5. The Bertz CT molecular complexity index is 1330. The average Bonchev–Trinajstić information content (AvgIpc) is 3.42. The predicted octanol–water partition coefficient (Wildman–Crippen LogP) is 11.5. The molecule has 0 radical (unpaired) electrons. The second-order valence-corrected chi connectivity index (χ2v) is 22.9. The summed E-state index contributed by atoms with van der Waals surface area (Å²) >= 11 is 0. The summed E-state index contributed by atoms with van der Waals surface area (Å²) in [4.78, 5) is 13.2. The monoisotopic (exact) mass is 1090 g/mol.